The van der Waals surface area contributed by atoms with E-state index in [4.69, 9.17) is 0 Å². The van der Waals surface area contributed by atoms with Crippen LogP contribution in [0.1, 0.15) is 19.3 Å². The number of rotatable bonds is 12. The fourth-order valence-corrected chi connectivity index (χ4v) is 3.34. The summed E-state index contributed by atoms with van der Waals surface area (Å²) < 4.78 is 0. The Kier molecular flexibility index (Phi) is 11.3. The van der Waals surface area contributed by atoms with Gasteiger partial charge in [0.25, 0.3) is 0 Å². The Morgan fingerprint density at radius 3 is 2.29 bits per heavy atom. The van der Waals surface area contributed by atoms with E-state index < -0.39 is 54.5 Å². The van der Waals surface area contributed by atoms with Gasteiger partial charge in [-0.3, -0.25) is 14.4 Å². The van der Waals surface area contributed by atoms with Gasteiger partial charge in [-0.05, 0) is 37.8 Å². The van der Waals surface area contributed by atoms with Crippen molar-refractivity contribution < 1.29 is 29.4 Å². The molecular weight excluding hydrogens is 408 g/mol. The van der Waals surface area contributed by atoms with Crippen molar-refractivity contribution in [2.45, 2.75) is 43.4 Å². The van der Waals surface area contributed by atoms with Crippen LogP contribution in [0.15, 0.2) is 0 Å². The third-order valence-corrected chi connectivity index (χ3v) is 5.24. The normalized spacial score (nSPS) is 19.3. The Bertz CT molecular complexity index is 559. The Balaban J connectivity index is 2.63. The molecule has 4 atom stereocenters. The SMILES string of the molecule is CSCCC(NC(=O)C(CS)NC(=O)C(CO)NC(=O)C1CCCN1)C(=O)O. The number of aliphatic hydroxyl groups excluding tert-OH is 1. The minimum absolute atomic E-state index is 0.0806. The first-order valence-corrected chi connectivity index (χ1v) is 10.9. The van der Waals surface area contributed by atoms with Crippen molar-refractivity contribution in [2.75, 3.05) is 30.9 Å². The number of carbonyl (C=O) groups is 4. The molecule has 1 saturated heterocycles. The molecule has 0 aromatic carbocycles. The zero-order chi connectivity index (χ0) is 21.1. The lowest BCUT2D eigenvalue weighted by atomic mass is 10.1. The quantitative estimate of drug-likeness (QED) is 0.172. The van der Waals surface area contributed by atoms with Crippen LogP contribution in [-0.2, 0) is 19.2 Å². The van der Waals surface area contributed by atoms with Crippen molar-refractivity contribution in [1.29, 1.82) is 0 Å². The highest BCUT2D eigenvalue weighted by Gasteiger charge is 2.30. The lowest BCUT2D eigenvalue weighted by Crippen LogP contribution is -2.58. The molecule has 1 heterocycles. The molecule has 1 fully saturated rings. The molecule has 4 unspecified atom stereocenters. The molecule has 0 aliphatic carbocycles. The second kappa shape index (κ2) is 12.9. The van der Waals surface area contributed by atoms with E-state index in [0.29, 0.717) is 18.7 Å². The smallest absolute Gasteiger partial charge is 0.326 e. The Morgan fingerprint density at radius 1 is 1.14 bits per heavy atom. The largest absolute Gasteiger partial charge is 0.480 e. The number of thiol groups is 1. The summed E-state index contributed by atoms with van der Waals surface area (Å²) in [6.45, 7) is 0.0634. The monoisotopic (exact) mass is 436 g/mol. The van der Waals surface area contributed by atoms with Crippen molar-refractivity contribution >= 4 is 48.1 Å². The van der Waals surface area contributed by atoms with Gasteiger partial charge in [-0.15, -0.1) is 0 Å². The predicted molar refractivity (Wildman–Crippen MR) is 108 cm³/mol. The van der Waals surface area contributed by atoms with E-state index in [1.54, 1.807) is 0 Å². The van der Waals surface area contributed by atoms with Crippen LogP contribution < -0.4 is 21.3 Å². The average Bonchev–Trinajstić information content (AvgIpc) is 3.21. The van der Waals surface area contributed by atoms with Gasteiger partial charge >= 0.3 is 5.97 Å². The number of amides is 3. The van der Waals surface area contributed by atoms with Crippen molar-refractivity contribution in [1.82, 2.24) is 21.3 Å². The molecule has 0 aromatic heterocycles. The number of carboxylic acid groups (broad SMARTS) is 1. The zero-order valence-corrected chi connectivity index (χ0v) is 17.4. The standard InChI is InChI=1S/C16H28N4O6S2/c1-28-6-4-10(16(25)26)18-15(24)12(8-27)20-14(23)11(7-21)19-13(22)9-3-2-5-17-9/h9-12,17,21,27H,2-8H2,1H3,(H,18,24)(H,19,22)(H,20,23)(H,25,26). The molecule has 0 bridgehead atoms. The Labute approximate surface area is 173 Å². The molecule has 1 aliphatic heterocycles. The third-order valence-electron chi connectivity index (χ3n) is 4.23. The summed E-state index contributed by atoms with van der Waals surface area (Å²) in [6.07, 6.45) is 3.54. The van der Waals surface area contributed by atoms with Gasteiger partial charge < -0.3 is 31.5 Å². The van der Waals surface area contributed by atoms with Crippen LogP contribution in [-0.4, -0.2) is 89.0 Å². The fraction of sp³-hybridized carbons (Fsp3) is 0.750. The lowest BCUT2D eigenvalue weighted by Gasteiger charge is -2.23. The molecular formula is C16H28N4O6S2. The summed E-state index contributed by atoms with van der Waals surface area (Å²) >= 11 is 5.48. The molecule has 0 saturated carbocycles. The number of carboxylic acids is 1. The molecule has 160 valence electrons. The van der Waals surface area contributed by atoms with Crippen molar-refractivity contribution in [3.63, 3.8) is 0 Å². The maximum absolute atomic E-state index is 12.4. The number of carbonyl (C=O) groups excluding carboxylic acids is 3. The van der Waals surface area contributed by atoms with Crippen LogP contribution in [0.4, 0.5) is 0 Å². The van der Waals surface area contributed by atoms with E-state index in [-0.39, 0.29) is 12.2 Å². The van der Waals surface area contributed by atoms with Crippen LogP contribution >= 0.6 is 24.4 Å². The second-order valence-electron chi connectivity index (χ2n) is 6.32. The lowest BCUT2D eigenvalue weighted by molar-refractivity contribution is -0.142. The number of hydrogen-bond donors (Lipinski definition) is 7. The molecule has 28 heavy (non-hydrogen) atoms. The number of thioether (sulfide) groups is 1. The Hall–Kier alpha value is -1.50. The number of hydrogen-bond acceptors (Lipinski definition) is 8. The maximum atomic E-state index is 12.4. The number of aliphatic hydroxyl groups is 1. The highest BCUT2D eigenvalue weighted by Crippen LogP contribution is 2.05. The highest BCUT2D eigenvalue weighted by molar-refractivity contribution is 7.98. The number of nitrogens with one attached hydrogen (secondary N) is 4. The van der Waals surface area contributed by atoms with E-state index in [1.165, 1.54) is 11.8 Å². The molecule has 1 aliphatic rings. The van der Waals surface area contributed by atoms with Crippen LogP contribution in [0.3, 0.4) is 0 Å². The summed E-state index contributed by atoms with van der Waals surface area (Å²) in [4.78, 5) is 48.0. The molecule has 0 aromatic rings. The van der Waals surface area contributed by atoms with Crippen LogP contribution in [0.25, 0.3) is 0 Å². The molecule has 0 spiro atoms. The molecule has 1 rings (SSSR count). The minimum Gasteiger partial charge on any atom is -0.480 e. The van der Waals surface area contributed by atoms with Gasteiger partial charge in [0.15, 0.2) is 0 Å². The zero-order valence-electron chi connectivity index (χ0n) is 15.6. The third kappa shape index (κ3) is 7.86. The van der Waals surface area contributed by atoms with Crippen LogP contribution in [0.5, 0.6) is 0 Å². The van der Waals surface area contributed by atoms with Gasteiger partial charge in [-0.25, -0.2) is 4.79 Å². The van der Waals surface area contributed by atoms with E-state index in [9.17, 15) is 29.4 Å². The van der Waals surface area contributed by atoms with E-state index >= 15 is 0 Å². The molecule has 0 radical (unpaired) electrons. The van der Waals surface area contributed by atoms with Gasteiger partial charge in [-0.2, -0.15) is 24.4 Å². The fourth-order valence-electron chi connectivity index (χ4n) is 2.61. The summed E-state index contributed by atoms with van der Waals surface area (Å²) in [5.41, 5.74) is 0. The van der Waals surface area contributed by atoms with Crippen molar-refractivity contribution in [3.05, 3.63) is 0 Å². The van der Waals surface area contributed by atoms with Gasteiger partial charge in [0.05, 0.1) is 12.6 Å². The number of aliphatic carboxylic acids is 1. The average molecular weight is 437 g/mol. The summed E-state index contributed by atoms with van der Waals surface area (Å²) in [5.74, 6) is -2.56. The molecule has 10 nitrogen and oxygen atoms in total. The van der Waals surface area contributed by atoms with Crippen LogP contribution in [0.2, 0.25) is 0 Å². The maximum Gasteiger partial charge on any atom is 0.326 e. The predicted octanol–water partition coefficient (Wildman–Crippen LogP) is -2.05. The van der Waals surface area contributed by atoms with Crippen molar-refractivity contribution in [3.8, 4) is 0 Å². The molecule has 6 N–H and O–H groups in total. The Morgan fingerprint density at radius 2 is 1.79 bits per heavy atom. The molecule has 12 heteroatoms. The summed E-state index contributed by atoms with van der Waals surface area (Å²) in [5, 5.41) is 28.8. The first-order valence-electron chi connectivity index (χ1n) is 8.92. The van der Waals surface area contributed by atoms with Gasteiger partial charge in [0.1, 0.15) is 18.1 Å². The topological polar surface area (TPSA) is 157 Å². The van der Waals surface area contributed by atoms with Crippen LogP contribution in [0, 0.1) is 0 Å². The van der Waals surface area contributed by atoms with E-state index in [2.05, 4.69) is 33.9 Å². The van der Waals surface area contributed by atoms with E-state index in [0.717, 1.165) is 6.42 Å². The van der Waals surface area contributed by atoms with Gasteiger partial charge in [0, 0.05) is 5.75 Å². The summed E-state index contributed by atoms with van der Waals surface area (Å²) in [7, 11) is 0. The molecule has 3 amide bonds. The first kappa shape index (κ1) is 24.5. The first-order chi connectivity index (χ1) is 13.3. The second-order valence-corrected chi connectivity index (χ2v) is 7.67. The van der Waals surface area contributed by atoms with E-state index in [1.807, 2.05) is 6.26 Å². The van der Waals surface area contributed by atoms with Gasteiger partial charge in [-0.1, -0.05) is 0 Å². The van der Waals surface area contributed by atoms with Crippen molar-refractivity contribution in [2.24, 2.45) is 0 Å². The highest BCUT2D eigenvalue weighted by atomic mass is 32.2. The van der Waals surface area contributed by atoms with Gasteiger partial charge in [0.2, 0.25) is 17.7 Å². The minimum atomic E-state index is -1.23. The summed E-state index contributed by atoms with van der Waals surface area (Å²) in [6, 6.07) is -3.83.